The van der Waals surface area contributed by atoms with Crippen molar-refractivity contribution in [3.05, 3.63) is 35.4 Å². The molecule has 0 unspecified atom stereocenters. The number of ketones is 1. The van der Waals surface area contributed by atoms with Gasteiger partial charge in [-0.3, -0.25) is 38.5 Å². The normalized spacial score (nSPS) is 27.7. The van der Waals surface area contributed by atoms with Crippen LogP contribution in [0.3, 0.4) is 0 Å². The second kappa shape index (κ2) is 18.6. The van der Waals surface area contributed by atoms with Crippen LogP contribution in [-0.2, 0) is 40.0 Å². The quantitative estimate of drug-likeness (QED) is 0.198. The number of carboxylic acid groups (broad SMARTS) is 1. The van der Waals surface area contributed by atoms with Crippen molar-refractivity contribution in [3.63, 3.8) is 0 Å². The number of rotatable bonds is 8. The maximum atomic E-state index is 14.2. The first-order chi connectivity index (χ1) is 24.7. The Morgan fingerprint density at radius 1 is 0.906 bits per heavy atom. The molecule has 7 N–H and O–H groups in total. The van der Waals surface area contributed by atoms with E-state index in [0.29, 0.717) is 19.4 Å². The zero-order valence-electron chi connectivity index (χ0n) is 32.2. The molecular weight excluding hydrogens is 684 g/mol. The Hall–Kier alpha value is -4.37. The predicted octanol–water partition coefficient (Wildman–Crippen LogP) is 0.735. The fourth-order valence-corrected chi connectivity index (χ4v) is 6.89. The highest BCUT2D eigenvalue weighted by molar-refractivity contribution is 5.97. The molecule has 0 radical (unpaired) electrons. The van der Waals surface area contributed by atoms with Gasteiger partial charge in [-0.25, -0.2) is 0 Å². The number of benzene rings is 1. The van der Waals surface area contributed by atoms with Crippen molar-refractivity contribution in [1.82, 2.24) is 31.5 Å². The first kappa shape index (κ1) is 43.0. The molecule has 1 aromatic rings. The predicted molar refractivity (Wildman–Crippen MR) is 196 cm³/mol. The number of Topliss-reactive ketones (excluding diaryl/α,β-unsaturated/α-hetero) is 1. The second-order valence-corrected chi connectivity index (χ2v) is 16.0. The molecule has 0 aromatic heterocycles. The lowest BCUT2D eigenvalue weighted by Gasteiger charge is -2.38. The van der Waals surface area contributed by atoms with Crippen molar-refractivity contribution >= 4 is 41.3 Å². The van der Waals surface area contributed by atoms with Crippen molar-refractivity contribution in [1.29, 1.82) is 0 Å². The lowest BCUT2D eigenvalue weighted by molar-refractivity contribution is -0.143. The number of carbonyl (C=O) groups is 7. The number of hydrogen-bond acceptors (Lipinski definition) is 9. The maximum absolute atomic E-state index is 14.2. The molecule has 0 aliphatic carbocycles. The fraction of sp³-hybridized carbons (Fsp3) is 0.658. The smallest absolute Gasteiger partial charge is 0.304 e. The summed E-state index contributed by atoms with van der Waals surface area (Å²) in [6.07, 6.45) is -1.66. The molecule has 0 saturated carbocycles. The SMILES string of the molecule is Cc1ccc(C[C@@H]2NC(=O)[C@@H]3CCCN3[C@@H](C(=O)NC(C)(C)C)[C@H](C)NC(=O)[C@H]([C@@H](C)O)NC(=O)[C@H](CC(=O)O)CC(=O)[C@H](CC(C)C)NC2=O)cc1. The molecule has 1 aromatic carbocycles. The Kier molecular flexibility index (Phi) is 15.1. The van der Waals surface area contributed by atoms with Gasteiger partial charge in [0.15, 0.2) is 5.78 Å². The highest BCUT2D eigenvalue weighted by Crippen LogP contribution is 2.24. The van der Waals surface area contributed by atoms with Gasteiger partial charge in [0.25, 0.3) is 0 Å². The van der Waals surface area contributed by atoms with E-state index in [1.54, 1.807) is 32.6 Å². The van der Waals surface area contributed by atoms with Crippen LogP contribution in [-0.4, -0.2) is 111 Å². The number of aliphatic hydroxyl groups is 1. The summed E-state index contributed by atoms with van der Waals surface area (Å²) in [5.41, 5.74) is 1.07. The van der Waals surface area contributed by atoms with Gasteiger partial charge in [-0.1, -0.05) is 43.7 Å². The monoisotopic (exact) mass is 742 g/mol. The standard InChI is InChI=1S/C38H58N6O9/c1-20(2)16-26-29(46)18-25(19-30(47)48)33(49)42-31(23(5)45)36(52)39-22(4)32(37(53)43-38(6,7)8)44-15-9-10-28(44)35(51)41-27(34(50)40-26)17-24-13-11-21(3)12-14-24/h11-14,20,22-23,25-28,31-32,45H,9-10,15-19H2,1-8H3,(H,39,52)(H,40,50)(H,41,51)(H,42,49)(H,43,53)(H,47,48)/t22-,23+,25-,26-,27-,28-,31-,32+/m0/s1. The van der Waals surface area contributed by atoms with Crippen LogP contribution in [0.5, 0.6) is 0 Å². The third kappa shape index (κ3) is 12.6. The molecule has 2 heterocycles. The van der Waals surface area contributed by atoms with Gasteiger partial charge in [-0.05, 0) is 78.8 Å². The topological polar surface area (TPSA) is 223 Å². The van der Waals surface area contributed by atoms with Gasteiger partial charge in [0.05, 0.1) is 36.6 Å². The van der Waals surface area contributed by atoms with Gasteiger partial charge in [0.2, 0.25) is 29.5 Å². The number of amides is 5. The van der Waals surface area contributed by atoms with Crippen molar-refractivity contribution in [2.45, 2.75) is 142 Å². The third-order valence-corrected chi connectivity index (χ3v) is 9.47. The summed E-state index contributed by atoms with van der Waals surface area (Å²) in [6, 6.07) is 0.673. The van der Waals surface area contributed by atoms with Gasteiger partial charge < -0.3 is 36.8 Å². The van der Waals surface area contributed by atoms with E-state index in [1.807, 2.05) is 45.0 Å². The first-order valence-corrected chi connectivity index (χ1v) is 18.4. The lowest BCUT2D eigenvalue weighted by atomic mass is 9.90. The average Bonchev–Trinajstić information content (AvgIpc) is 3.50. The summed E-state index contributed by atoms with van der Waals surface area (Å²) in [7, 11) is 0. The number of hydrogen-bond donors (Lipinski definition) is 7. The van der Waals surface area contributed by atoms with E-state index < -0.39 is 108 Å². The molecule has 2 aliphatic rings. The number of fused-ring (bicyclic) bond motifs is 1. The van der Waals surface area contributed by atoms with E-state index in [4.69, 9.17) is 0 Å². The molecular formula is C38H58N6O9. The van der Waals surface area contributed by atoms with E-state index in [9.17, 15) is 43.8 Å². The van der Waals surface area contributed by atoms with Crippen molar-refractivity contribution in [2.75, 3.05) is 6.54 Å². The van der Waals surface area contributed by atoms with Crippen molar-refractivity contribution in [3.8, 4) is 0 Å². The Morgan fingerprint density at radius 3 is 2.09 bits per heavy atom. The minimum atomic E-state index is -1.58. The number of aliphatic carboxylic acids is 1. The van der Waals surface area contributed by atoms with Crippen LogP contribution in [0.1, 0.15) is 91.7 Å². The molecule has 2 saturated heterocycles. The number of aryl methyl sites for hydroxylation is 1. The molecule has 0 bridgehead atoms. The summed E-state index contributed by atoms with van der Waals surface area (Å²) >= 11 is 0. The molecule has 0 spiro atoms. The highest BCUT2D eigenvalue weighted by Gasteiger charge is 2.44. The molecule has 294 valence electrons. The lowest BCUT2D eigenvalue weighted by Crippen LogP contribution is -2.65. The van der Waals surface area contributed by atoms with E-state index in [1.165, 1.54) is 6.92 Å². The van der Waals surface area contributed by atoms with Gasteiger partial charge in [-0.15, -0.1) is 0 Å². The summed E-state index contributed by atoms with van der Waals surface area (Å²) in [4.78, 5) is 96.9. The number of nitrogens with one attached hydrogen (secondary N) is 5. The van der Waals surface area contributed by atoms with Crippen LogP contribution in [0.4, 0.5) is 0 Å². The minimum absolute atomic E-state index is 0.0817. The van der Waals surface area contributed by atoms with Gasteiger partial charge >= 0.3 is 5.97 Å². The molecule has 53 heavy (non-hydrogen) atoms. The molecule has 2 aliphatic heterocycles. The number of carbonyl (C=O) groups excluding carboxylic acids is 6. The molecule has 5 amide bonds. The fourth-order valence-electron chi connectivity index (χ4n) is 6.89. The third-order valence-electron chi connectivity index (χ3n) is 9.47. The van der Waals surface area contributed by atoms with Crippen LogP contribution >= 0.6 is 0 Å². The molecule has 2 fully saturated rings. The number of carboxylic acids is 1. The molecule has 3 rings (SSSR count). The van der Waals surface area contributed by atoms with Gasteiger partial charge in [0, 0.05) is 18.4 Å². The highest BCUT2D eigenvalue weighted by atomic mass is 16.4. The summed E-state index contributed by atoms with van der Waals surface area (Å²) in [6.45, 7) is 14.1. The summed E-state index contributed by atoms with van der Waals surface area (Å²) in [5, 5.41) is 34.0. The maximum Gasteiger partial charge on any atom is 0.304 e. The largest absolute Gasteiger partial charge is 0.481 e. The Balaban J connectivity index is 2.16. The zero-order valence-corrected chi connectivity index (χ0v) is 32.2. The molecule has 15 nitrogen and oxygen atoms in total. The molecule has 15 heteroatoms. The first-order valence-electron chi connectivity index (χ1n) is 18.4. The number of nitrogens with zero attached hydrogens (tertiary/aromatic N) is 1. The van der Waals surface area contributed by atoms with Crippen LogP contribution in [0, 0.1) is 18.8 Å². The zero-order chi connectivity index (χ0) is 39.8. The van der Waals surface area contributed by atoms with Gasteiger partial charge in [0.1, 0.15) is 18.1 Å². The van der Waals surface area contributed by atoms with E-state index in [-0.39, 0.29) is 18.8 Å². The summed E-state index contributed by atoms with van der Waals surface area (Å²) < 4.78 is 0. The number of aliphatic hydroxyl groups excluding tert-OH is 1. The van der Waals surface area contributed by atoms with E-state index >= 15 is 0 Å². The van der Waals surface area contributed by atoms with Crippen LogP contribution in [0.15, 0.2) is 24.3 Å². The Morgan fingerprint density at radius 2 is 1.53 bits per heavy atom. The summed E-state index contributed by atoms with van der Waals surface area (Å²) in [5.74, 6) is -6.94. The Bertz CT molecular complexity index is 1510. The van der Waals surface area contributed by atoms with E-state index in [2.05, 4.69) is 26.6 Å². The minimum Gasteiger partial charge on any atom is -0.481 e. The van der Waals surface area contributed by atoms with Crippen molar-refractivity contribution < 1.29 is 43.8 Å². The second-order valence-electron chi connectivity index (χ2n) is 16.0. The van der Waals surface area contributed by atoms with Crippen LogP contribution in [0.25, 0.3) is 0 Å². The van der Waals surface area contributed by atoms with Crippen LogP contribution < -0.4 is 26.6 Å². The van der Waals surface area contributed by atoms with Gasteiger partial charge in [-0.2, -0.15) is 0 Å². The Labute approximate surface area is 311 Å². The van der Waals surface area contributed by atoms with Crippen molar-refractivity contribution in [2.24, 2.45) is 11.8 Å². The van der Waals surface area contributed by atoms with Crippen LogP contribution in [0.2, 0.25) is 0 Å². The van der Waals surface area contributed by atoms with E-state index in [0.717, 1.165) is 11.1 Å². The average molecular weight is 743 g/mol. The molecule has 8 atom stereocenters.